The molecule has 1 atom stereocenters. The van der Waals surface area contributed by atoms with Gasteiger partial charge < -0.3 is 0 Å². The van der Waals surface area contributed by atoms with Gasteiger partial charge in [0.1, 0.15) is 0 Å². The molecule has 140 valence electrons. The predicted molar refractivity (Wildman–Crippen MR) is 107 cm³/mol. The van der Waals surface area contributed by atoms with E-state index in [1.54, 1.807) is 0 Å². The molecule has 0 spiro atoms. The molecule has 0 rings (SSSR count). The number of rotatable bonds is 10. The number of hydrogen-bond acceptors (Lipinski definition) is 1. The molecule has 0 amide bonds. The predicted octanol–water partition coefficient (Wildman–Crippen LogP) is 7.15. The van der Waals surface area contributed by atoms with E-state index in [0.29, 0.717) is 28.3 Å². The molecule has 0 aliphatic heterocycles. The molecule has 0 N–H and O–H groups in total. The van der Waals surface area contributed by atoms with Crippen molar-refractivity contribution in [1.82, 2.24) is 4.90 Å². The molecule has 1 nitrogen and oxygen atoms in total. The summed E-state index contributed by atoms with van der Waals surface area (Å²) in [5.74, 6) is 0. The van der Waals surface area contributed by atoms with E-state index < -0.39 is 0 Å². The summed E-state index contributed by atoms with van der Waals surface area (Å²) >= 11 is 0. The molecule has 0 aromatic carbocycles. The van der Waals surface area contributed by atoms with Gasteiger partial charge in [-0.25, -0.2) is 0 Å². The van der Waals surface area contributed by atoms with Crippen LogP contribution in [0, 0.1) is 16.2 Å². The van der Waals surface area contributed by atoms with Crippen LogP contribution in [0.2, 0.25) is 0 Å². The van der Waals surface area contributed by atoms with Crippen molar-refractivity contribution >= 4 is 0 Å². The van der Waals surface area contributed by atoms with E-state index in [0.717, 1.165) is 0 Å². The molecular weight excluding hydrogens is 278 g/mol. The summed E-state index contributed by atoms with van der Waals surface area (Å²) < 4.78 is 0. The van der Waals surface area contributed by atoms with Crippen molar-refractivity contribution in [2.24, 2.45) is 16.2 Å². The van der Waals surface area contributed by atoms with Gasteiger partial charge in [0, 0.05) is 18.6 Å². The van der Waals surface area contributed by atoms with Crippen LogP contribution in [-0.4, -0.2) is 23.5 Å². The Morgan fingerprint density at radius 1 is 0.696 bits per heavy atom. The standard InChI is InChI=1S/C22H47N/c1-12-22(11,15-13-20(6,7)8)16-14-21(9,10)17-23(18(2)3)19(4)5/h18-19H,12-17H2,1-11H3. The van der Waals surface area contributed by atoms with Gasteiger partial charge in [0.05, 0.1) is 0 Å². The topological polar surface area (TPSA) is 3.24 Å². The third-order valence-electron chi connectivity index (χ3n) is 5.67. The van der Waals surface area contributed by atoms with Crippen LogP contribution in [0.15, 0.2) is 0 Å². The first-order chi connectivity index (χ1) is 10.2. The van der Waals surface area contributed by atoms with Crippen LogP contribution >= 0.6 is 0 Å². The van der Waals surface area contributed by atoms with Crippen molar-refractivity contribution in [1.29, 1.82) is 0 Å². The van der Waals surface area contributed by atoms with Gasteiger partial charge in [-0.15, -0.1) is 0 Å². The Kier molecular flexibility index (Phi) is 8.87. The Morgan fingerprint density at radius 3 is 1.48 bits per heavy atom. The van der Waals surface area contributed by atoms with E-state index in [9.17, 15) is 0 Å². The lowest BCUT2D eigenvalue weighted by atomic mass is 9.71. The maximum absolute atomic E-state index is 2.65. The molecule has 0 radical (unpaired) electrons. The Labute approximate surface area is 148 Å². The van der Waals surface area contributed by atoms with Gasteiger partial charge in [0.2, 0.25) is 0 Å². The van der Waals surface area contributed by atoms with E-state index in [1.165, 1.54) is 38.6 Å². The first-order valence-corrected chi connectivity index (χ1v) is 9.97. The zero-order valence-electron chi connectivity index (χ0n) is 18.3. The highest BCUT2D eigenvalue weighted by Crippen LogP contribution is 2.40. The van der Waals surface area contributed by atoms with Gasteiger partial charge in [-0.1, -0.05) is 54.9 Å². The Balaban J connectivity index is 4.69. The third-order valence-corrected chi connectivity index (χ3v) is 5.67. The minimum absolute atomic E-state index is 0.396. The van der Waals surface area contributed by atoms with E-state index in [4.69, 9.17) is 0 Å². The van der Waals surface area contributed by atoms with Gasteiger partial charge in [-0.3, -0.25) is 4.90 Å². The molecule has 0 bridgehead atoms. The molecule has 23 heavy (non-hydrogen) atoms. The second-order valence-electron chi connectivity index (χ2n) is 10.7. The van der Waals surface area contributed by atoms with Crippen LogP contribution in [0.4, 0.5) is 0 Å². The summed E-state index contributed by atoms with van der Waals surface area (Å²) in [5, 5.41) is 0. The minimum Gasteiger partial charge on any atom is -0.298 e. The van der Waals surface area contributed by atoms with Crippen molar-refractivity contribution in [3.63, 3.8) is 0 Å². The van der Waals surface area contributed by atoms with Gasteiger partial charge in [0.15, 0.2) is 0 Å². The van der Waals surface area contributed by atoms with E-state index in [-0.39, 0.29) is 0 Å². The average molecular weight is 326 g/mol. The Hall–Kier alpha value is -0.0400. The summed E-state index contributed by atoms with van der Waals surface area (Å²) in [6, 6.07) is 1.26. The van der Waals surface area contributed by atoms with Gasteiger partial charge in [-0.05, 0) is 69.6 Å². The SMILES string of the molecule is CCC(C)(CCC(C)(C)C)CCC(C)(C)CN(C(C)C)C(C)C. The van der Waals surface area contributed by atoms with Gasteiger partial charge in [0.25, 0.3) is 0 Å². The molecule has 0 aliphatic carbocycles. The van der Waals surface area contributed by atoms with Crippen molar-refractivity contribution in [3.05, 3.63) is 0 Å². The molecule has 0 fully saturated rings. The molecule has 0 saturated carbocycles. The molecular formula is C22H47N. The van der Waals surface area contributed by atoms with Crippen molar-refractivity contribution in [3.8, 4) is 0 Å². The highest BCUT2D eigenvalue weighted by Gasteiger charge is 2.30. The molecule has 1 unspecified atom stereocenters. The van der Waals surface area contributed by atoms with Crippen LogP contribution in [0.5, 0.6) is 0 Å². The fourth-order valence-corrected chi connectivity index (χ4v) is 3.33. The summed E-state index contributed by atoms with van der Waals surface area (Å²) in [7, 11) is 0. The zero-order chi connectivity index (χ0) is 18.5. The lowest BCUT2D eigenvalue weighted by Gasteiger charge is -2.40. The minimum atomic E-state index is 0.396. The fraction of sp³-hybridized carbons (Fsp3) is 1.00. The van der Waals surface area contributed by atoms with Crippen molar-refractivity contribution < 1.29 is 0 Å². The summed E-state index contributed by atoms with van der Waals surface area (Å²) in [6.07, 6.45) is 6.69. The quantitative estimate of drug-likeness (QED) is 0.412. The summed E-state index contributed by atoms with van der Waals surface area (Å²) in [6.45, 7) is 27.5. The highest BCUT2D eigenvalue weighted by molar-refractivity contribution is 4.83. The zero-order valence-corrected chi connectivity index (χ0v) is 18.3. The van der Waals surface area contributed by atoms with Crippen LogP contribution in [-0.2, 0) is 0 Å². The molecule has 0 heterocycles. The van der Waals surface area contributed by atoms with E-state index >= 15 is 0 Å². The van der Waals surface area contributed by atoms with Crippen LogP contribution in [0.3, 0.4) is 0 Å². The second kappa shape index (κ2) is 8.88. The normalized spacial score (nSPS) is 16.4. The maximum Gasteiger partial charge on any atom is 0.00415 e. The Bertz CT molecular complexity index is 313. The second-order valence-corrected chi connectivity index (χ2v) is 10.7. The number of hydrogen-bond donors (Lipinski definition) is 0. The largest absolute Gasteiger partial charge is 0.298 e. The molecule has 1 heteroatoms. The first kappa shape index (κ1) is 23.0. The van der Waals surface area contributed by atoms with E-state index in [2.05, 4.69) is 81.1 Å². The number of nitrogens with zero attached hydrogens (tertiary/aromatic N) is 1. The summed E-state index contributed by atoms with van der Waals surface area (Å²) in [5.41, 5.74) is 1.36. The highest BCUT2D eigenvalue weighted by atomic mass is 15.2. The van der Waals surface area contributed by atoms with Crippen molar-refractivity contribution in [2.75, 3.05) is 6.54 Å². The summed E-state index contributed by atoms with van der Waals surface area (Å²) in [4.78, 5) is 2.65. The third kappa shape index (κ3) is 9.75. The van der Waals surface area contributed by atoms with Gasteiger partial charge >= 0.3 is 0 Å². The van der Waals surface area contributed by atoms with E-state index in [1.807, 2.05) is 0 Å². The lowest BCUT2D eigenvalue weighted by molar-refractivity contribution is 0.0905. The molecule has 0 saturated heterocycles. The molecule has 0 aromatic heterocycles. The molecule has 0 aromatic rings. The maximum atomic E-state index is 2.65. The van der Waals surface area contributed by atoms with Crippen LogP contribution < -0.4 is 0 Å². The Morgan fingerprint density at radius 2 is 1.13 bits per heavy atom. The van der Waals surface area contributed by atoms with Crippen molar-refractivity contribution in [2.45, 2.75) is 120 Å². The molecule has 0 aliphatic rings. The monoisotopic (exact) mass is 325 g/mol. The van der Waals surface area contributed by atoms with Crippen LogP contribution in [0.25, 0.3) is 0 Å². The lowest BCUT2D eigenvalue weighted by Crippen LogP contribution is -2.43. The fourth-order valence-electron chi connectivity index (χ4n) is 3.33. The first-order valence-electron chi connectivity index (χ1n) is 9.97. The van der Waals surface area contributed by atoms with Gasteiger partial charge in [-0.2, -0.15) is 0 Å². The smallest absolute Gasteiger partial charge is 0.00415 e. The van der Waals surface area contributed by atoms with Crippen LogP contribution in [0.1, 0.15) is 108 Å². The average Bonchev–Trinajstić information content (AvgIpc) is 2.39.